The molecule has 1 heterocycles. The number of hydrogen-bond donors (Lipinski definition) is 1. The van der Waals surface area contributed by atoms with Crippen molar-refractivity contribution in [2.45, 2.75) is 96.5 Å². The van der Waals surface area contributed by atoms with Crippen molar-refractivity contribution in [2.24, 2.45) is 5.92 Å². The van der Waals surface area contributed by atoms with Crippen LogP contribution in [0.15, 0.2) is 0 Å². The van der Waals surface area contributed by atoms with Gasteiger partial charge >= 0.3 is 12.2 Å². The van der Waals surface area contributed by atoms with Gasteiger partial charge in [0.25, 0.3) is 6.48 Å². The number of ether oxygens (including phenoxy) is 6. The fourth-order valence-electron chi connectivity index (χ4n) is 3.89. The maximum atomic E-state index is 12.6. The number of nitrogens with one attached hydrogen (secondary N) is 1. The van der Waals surface area contributed by atoms with Crippen molar-refractivity contribution in [1.82, 2.24) is 5.32 Å². The second-order valence-electron chi connectivity index (χ2n) is 8.79. The van der Waals surface area contributed by atoms with Crippen molar-refractivity contribution >= 4 is 12.2 Å². The van der Waals surface area contributed by atoms with Crippen LogP contribution >= 0.6 is 0 Å². The molecule has 0 aromatic carbocycles. The Labute approximate surface area is 179 Å². The van der Waals surface area contributed by atoms with E-state index in [1.807, 2.05) is 6.92 Å². The molecule has 2 unspecified atom stereocenters. The highest BCUT2D eigenvalue weighted by atomic mass is 16.8. The lowest BCUT2D eigenvalue weighted by molar-refractivity contribution is -0.304. The lowest BCUT2D eigenvalue weighted by Gasteiger charge is -2.35. The molecule has 2 rings (SSSR count). The molecule has 1 aliphatic heterocycles. The van der Waals surface area contributed by atoms with Gasteiger partial charge in [-0.25, -0.2) is 9.59 Å². The topological polar surface area (TPSA) is 102 Å². The van der Waals surface area contributed by atoms with Crippen LogP contribution in [0.4, 0.5) is 9.59 Å². The number of carbonyl (C=O) groups is 2. The van der Waals surface area contributed by atoms with Crippen LogP contribution in [0.3, 0.4) is 0 Å². The van der Waals surface area contributed by atoms with Crippen molar-refractivity contribution < 1.29 is 38.0 Å². The Hall–Kier alpha value is -1.58. The summed E-state index contributed by atoms with van der Waals surface area (Å²) in [6.45, 7) is 6.68. The number of cyclic esters (lactones) is 2. The predicted molar refractivity (Wildman–Crippen MR) is 108 cm³/mol. The summed E-state index contributed by atoms with van der Waals surface area (Å²) < 4.78 is 32.5. The van der Waals surface area contributed by atoms with Crippen molar-refractivity contribution in [3.63, 3.8) is 0 Å². The molecule has 0 aromatic rings. The SMILES string of the molecule is CCOC(OC)O[C@@H](C1COC(=O)O1)[C@H](CC1CCCCC1)NC(=O)OC(C)(C)C. The summed E-state index contributed by atoms with van der Waals surface area (Å²) >= 11 is 0. The van der Waals surface area contributed by atoms with Crippen LogP contribution in [-0.2, 0) is 28.4 Å². The van der Waals surface area contributed by atoms with Gasteiger partial charge in [0.15, 0.2) is 6.10 Å². The van der Waals surface area contributed by atoms with Crippen LogP contribution in [0.2, 0.25) is 0 Å². The molecule has 2 fully saturated rings. The molecule has 0 spiro atoms. The minimum Gasteiger partial charge on any atom is -0.444 e. The fourth-order valence-corrected chi connectivity index (χ4v) is 3.89. The number of amides is 1. The van der Waals surface area contributed by atoms with Crippen molar-refractivity contribution in [3.05, 3.63) is 0 Å². The van der Waals surface area contributed by atoms with Gasteiger partial charge in [0.05, 0.1) is 6.04 Å². The molecule has 9 heteroatoms. The van der Waals surface area contributed by atoms with Crippen LogP contribution in [0, 0.1) is 5.92 Å². The summed E-state index contributed by atoms with van der Waals surface area (Å²) in [6, 6.07) is -0.472. The van der Waals surface area contributed by atoms with Crippen LogP contribution in [0.5, 0.6) is 0 Å². The highest BCUT2D eigenvalue weighted by Gasteiger charge is 2.42. The molecule has 1 amide bonds. The van der Waals surface area contributed by atoms with Gasteiger partial charge in [0.2, 0.25) is 0 Å². The van der Waals surface area contributed by atoms with Gasteiger partial charge in [-0.3, -0.25) is 0 Å². The predicted octanol–water partition coefficient (Wildman–Crippen LogP) is 3.74. The summed E-state index contributed by atoms with van der Waals surface area (Å²) in [5.41, 5.74) is -0.640. The lowest BCUT2D eigenvalue weighted by atomic mass is 9.83. The van der Waals surface area contributed by atoms with Gasteiger partial charge in [-0.2, -0.15) is 0 Å². The maximum absolute atomic E-state index is 12.6. The van der Waals surface area contributed by atoms with Gasteiger partial charge in [-0.1, -0.05) is 32.1 Å². The van der Waals surface area contributed by atoms with E-state index in [0.717, 1.165) is 25.7 Å². The van der Waals surface area contributed by atoms with Crippen molar-refractivity contribution in [2.75, 3.05) is 20.3 Å². The summed E-state index contributed by atoms with van der Waals surface area (Å²) in [7, 11) is 1.46. The number of hydrogen-bond acceptors (Lipinski definition) is 8. The van der Waals surface area contributed by atoms with E-state index in [9.17, 15) is 9.59 Å². The van der Waals surface area contributed by atoms with E-state index in [2.05, 4.69) is 5.32 Å². The van der Waals surface area contributed by atoms with E-state index in [4.69, 9.17) is 28.4 Å². The molecule has 0 radical (unpaired) electrons. The Morgan fingerprint density at radius 1 is 1.23 bits per heavy atom. The van der Waals surface area contributed by atoms with Gasteiger partial charge in [-0.15, -0.1) is 0 Å². The second-order valence-corrected chi connectivity index (χ2v) is 8.79. The molecular weight excluding hydrogens is 394 g/mol. The summed E-state index contributed by atoms with van der Waals surface area (Å²) in [5, 5.41) is 2.94. The van der Waals surface area contributed by atoms with Gasteiger partial charge in [0.1, 0.15) is 18.3 Å². The van der Waals surface area contributed by atoms with Gasteiger partial charge in [0, 0.05) is 13.7 Å². The van der Waals surface area contributed by atoms with Crippen molar-refractivity contribution in [1.29, 1.82) is 0 Å². The van der Waals surface area contributed by atoms with E-state index in [0.29, 0.717) is 18.9 Å². The van der Waals surface area contributed by atoms with Crippen molar-refractivity contribution in [3.8, 4) is 0 Å². The monoisotopic (exact) mass is 431 g/mol. The molecular formula is C21H37NO8. The summed E-state index contributed by atoms with van der Waals surface area (Å²) in [5.74, 6) is 0.427. The number of carbonyl (C=O) groups excluding carboxylic acids is 2. The lowest BCUT2D eigenvalue weighted by Crippen LogP contribution is -2.54. The first kappa shape index (κ1) is 24.7. The second kappa shape index (κ2) is 11.7. The average Bonchev–Trinajstić information content (AvgIpc) is 3.10. The Morgan fingerprint density at radius 3 is 2.47 bits per heavy atom. The minimum atomic E-state index is -0.964. The van der Waals surface area contributed by atoms with E-state index in [1.54, 1.807) is 20.8 Å². The van der Waals surface area contributed by atoms with E-state index >= 15 is 0 Å². The molecule has 0 aromatic heterocycles. The zero-order valence-electron chi connectivity index (χ0n) is 18.8. The highest BCUT2D eigenvalue weighted by Crippen LogP contribution is 2.30. The van der Waals surface area contributed by atoms with E-state index in [-0.39, 0.29) is 6.61 Å². The molecule has 174 valence electrons. The summed E-state index contributed by atoms with van der Waals surface area (Å²) in [4.78, 5) is 24.2. The molecule has 2 aliphatic rings. The third-order valence-electron chi connectivity index (χ3n) is 5.15. The Bertz CT molecular complexity index is 544. The van der Waals surface area contributed by atoms with E-state index in [1.165, 1.54) is 13.5 Å². The maximum Gasteiger partial charge on any atom is 0.508 e. The molecule has 1 saturated heterocycles. The zero-order chi connectivity index (χ0) is 22.1. The third-order valence-corrected chi connectivity index (χ3v) is 5.15. The molecule has 4 atom stereocenters. The zero-order valence-corrected chi connectivity index (χ0v) is 18.8. The molecule has 30 heavy (non-hydrogen) atoms. The van der Waals surface area contributed by atoms with Gasteiger partial charge < -0.3 is 33.7 Å². The third kappa shape index (κ3) is 8.28. The molecule has 1 N–H and O–H groups in total. The molecule has 1 aliphatic carbocycles. The number of methoxy groups -OCH3 is 1. The summed E-state index contributed by atoms with van der Waals surface area (Å²) in [6.07, 6.45) is 3.67. The molecule has 1 saturated carbocycles. The Morgan fingerprint density at radius 2 is 1.93 bits per heavy atom. The highest BCUT2D eigenvalue weighted by molar-refractivity contribution is 5.68. The van der Waals surface area contributed by atoms with E-state index < -0.39 is 42.6 Å². The Kier molecular flexibility index (Phi) is 9.64. The smallest absolute Gasteiger partial charge is 0.444 e. The number of rotatable bonds is 10. The van der Waals surface area contributed by atoms with Crippen LogP contribution < -0.4 is 5.32 Å². The average molecular weight is 432 g/mol. The molecule has 9 nitrogen and oxygen atoms in total. The first-order chi connectivity index (χ1) is 14.2. The minimum absolute atomic E-state index is 0.0310. The molecule has 0 bridgehead atoms. The first-order valence-electron chi connectivity index (χ1n) is 10.8. The standard InChI is InChI=1S/C21H37NO8/c1-6-26-20(25-5)29-17(16-13-27-19(24)28-16)15(12-14-10-8-7-9-11-14)22-18(23)30-21(2,3)4/h14-17,20H,6-13H2,1-5H3,(H,22,23)/t15-,16?,17+,20?/m0/s1. The van der Waals surface area contributed by atoms with Crippen LogP contribution in [0.25, 0.3) is 0 Å². The quantitative estimate of drug-likeness (QED) is 0.412. The largest absolute Gasteiger partial charge is 0.508 e. The first-order valence-corrected chi connectivity index (χ1v) is 10.8. The van der Waals surface area contributed by atoms with Gasteiger partial charge in [-0.05, 0) is 40.0 Å². The Balaban J connectivity index is 2.21. The van der Waals surface area contributed by atoms with Crippen LogP contribution in [-0.4, -0.2) is 62.9 Å². The fraction of sp³-hybridized carbons (Fsp3) is 0.905. The number of alkyl carbamates (subject to hydrolysis) is 1. The normalized spacial score (nSPS) is 23.2. The van der Waals surface area contributed by atoms with Crippen LogP contribution in [0.1, 0.15) is 66.2 Å².